The average molecular weight is 278 g/mol. The van der Waals surface area contributed by atoms with Crippen LogP contribution in [0.3, 0.4) is 0 Å². The summed E-state index contributed by atoms with van der Waals surface area (Å²) in [4.78, 5) is 2.53. The number of para-hydroxylation sites is 1. The standard InChI is InChI=1S/C17H30N2O/c1-5-7-12-19(14(3)6-2)16(13-18)15-10-8-9-11-17(15)20-4/h8-11,14,16H,5-7,12-13,18H2,1-4H3. The van der Waals surface area contributed by atoms with Crippen LogP contribution in [0.4, 0.5) is 0 Å². The Morgan fingerprint density at radius 2 is 1.95 bits per heavy atom. The second-order valence-electron chi connectivity index (χ2n) is 5.34. The van der Waals surface area contributed by atoms with Crippen molar-refractivity contribution in [3.05, 3.63) is 29.8 Å². The fourth-order valence-electron chi connectivity index (χ4n) is 2.64. The van der Waals surface area contributed by atoms with Crippen molar-refractivity contribution in [2.45, 2.75) is 52.1 Å². The fraction of sp³-hybridized carbons (Fsp3) is 0.647. The van der Waals surface area contributed by atoms with Crippen LogP contribution >= 0.6 is 0 Å². The number of methoxy groups -OCH3 is 1. The van der Waals surface area contributed by atoms with Crippen LogP contribution in [0.5, 0.6) is 5.75 Å². The second kappa shape index (κ2) is 8.98. The molecule has 114 valence electrons. The Hall–Kier alpha value is -1.06. The third-order valence-electron chi connectivity index (χ3n) is 4.05. The third-order valence-corrected chi connectivity index (χ3v) is 4.05. The van der Waals surface area contributed by atoms with Crippen LogP contribution in [-0.2, 0) is 0 Å². The first-order valence-electron chi connectivity index (χ1n) is 7.78. The molecule has 2 atom stereocenters. The molecule has 0 saturated heterocycles. The van der Waals surface area contributed by atoms with Gasteiger partial charge in [0, 0.05) is 18.2 Å². The number of ether oxygens (including phenoxy) is 1. The highest BCUT2D eigenvalue weighted by Gasteiger charge is 2.24. The van der Waals surface area contributed by atoms with Crippen molar-refractivity contribution in [2.75, 3.05) is 20.2 Å². The Morgan fingerprint density at radius 3 is 2.50 bits per heavy atom. The van der Waals surface area contributed by atoms with Gasteiger partial charge in [0.2, 0.25) is 0 Å². The summed E-state index contributed by atoms with van der Waals surface area (Å²) < 4.78 is 5.51. The highest BCUT2D eigenvalue weighted by atomic mass is 16.5. The van der Waals surface area contributed by atoms with Crippen molar-refractivity contribution in [1.82, 2.24) is 4.90 Å². The van der Waals surface area contributed by atoms with E-state index < -0.39 is 0 Å². The molecule has 0 saturated carbocycles. The van der Waals surface area contributed by atoms with Gasteiger partial charge in [-0.3, -0.25) is 4.90 Å². The summed E-state index contributed by atoms with van der Waals surface area (Å²) in [5.41, 5.74) is 7.30. The topological polar surface area (TPSA) is 38.5 Å². The lowest BCUT2D eigenvalue weighted by Crippen LogP contribution is -2.40. The molecule has 1 aromatic rings. The number of unbranched alkanes of at least 4 members (excludes halogenated alkanes) is 1. The number of rotatable bonds is 9. The summed E-state index contributed by atoms with van der Waals surface area (Å²) >= 11 is 0. The summed E-state index contributed by atoms with van der Waals surface area (Å²) in [6.07, 6.45) is 3.54. The summed E-state index contributed by atoms with van der Waals surface area (Å²) in [5.74, 6) is 0.938. The number of nitrogens with two attached hydrogens (primary N) is 1. The molecule has 0 aliphatic rings. The van der Waals surface area contributed by atoms with Crippen LogP contribution in [-0.4, -0.2) is 31.1 Å². The van der Waals surface area contributed by atoms with Gasteiger partial charge in [0.05, 0.1) is 13.2 Å². The Morgan fingerprint density at radius 1 is 1.25 bits per heavy atom. The Bertz CT molecular complexity index is 381. The molecule has 0 radical (unpaired) electrons. The first-order chi connectivity index (χ1) is 9.69. The Balaban J connectivity index is 3.04. The minimum Gasteiger partial charge on any atom is -0.496 e. The molecule has 2 N–H and O–H groups in total. The van der Waals surface area contributed by atoms with Crippen LogP contribution in [0.1, 0.15) is 51.6 Å². The van der Waals surface area contributed by atoms with Gasteiger partial charge in [0.1, 0.15) is 5.75 Å². The lowest BCUT2D eigenvalue weighted by Gasteiger charge is -2.36. The SMILES string of the molecule is CCCCN(C(C)CC)C(CN)c1ccccc1OC. The predicted molar refractivity (Wildman–Crippen MR) is 86.2 cm³/mol. The molecule has 2 unspecified atom stereocenters. The molecule has 0 amide bonds. The number of nitrogens with zero attached hydrogens (tertiary/aromatic N) is 1. The molecular weight excluding hydrogens is 248 g/mol. The van der Waals surface area contributed by atoms with Crippen molar-refractivity contribution >= 4 is 0 Å². The first-order valence-corrected chi connectivity index (χ1v) is 7.78. The summed E-state index contributed by atoms with van der Waals surface area (Å²) in [6, 6.07) is 8.99. The van der Waals surface area contributed by atoms with E-state index in [1.54, 1.807) is 7.11 Å². The van der Waals surface area contributed by atoms with Crippen LogP contribution in [0.25, 0.3) is 0 Å². The Kier molecular flexibility index (Phi) is 7.63. The molecule has 1 aromatic carbocycles. The van der Waals surface area contributed by atoms with Crippen LogP contribution in [0.2, 0.25) is 0 Å². The van der Waals surface area contributed by atoms with E-state index in [4.69, 9.17) is 10.5 Å². The molecule has 0 aliphatic heterocycles. The monoisotopic (exact) mass is 278 g/mol. The molecule has 0 spiro atoms. The maximum absolute atomic E-state index is 6.10. The number of benzene rings is 1. The predicted octanol–water partition coefficient (Wildman–Crippen LogP) is 3.60. The van der Waals surface area contributed by atoms with Crippen molar-refractivity contribution in [3.63, 3.8) is 0 Å². The van der Waals surface area contributed by atoms with Gasteiger partial charge in [-0.2, -0.15) is 0 Å². The van der Waals surface area contributed by atoms with Gasteiger partial charge in [-0.05, 0) is 32.4 Å². The second-order valence-corrected chi connectivity index (χ2v) is 5.34. The molecule has 0 heterocycles. The van der Waals surface area contributed by atoms with E-state index in [2.05, 4.69) is 37.8 Å². The van der Waals surface area contributed by atoms with Crippen molar-refractivity contribution in [2.24, 2.45) is 5.73 Å². The quantitative estimate of drug-likeness (QED) is 0.750. The van der Waals surface area contributed by atoms with E-state index >= 15 is 0 Å². The first kappa shape index (κ1) is 17.0. The molecule has 3 nitrogen and oxygen atoms in total. The van der Waals surface area contributed by atoms with Crippen LogP contribution in [0, 0.1) is 0 Å². The largest absolute Gasteiger partial charge is 0.496 e. The maximum Gasteiger partial charge on any atom is 0.123 e. The fourth-order valence-corrected chi connectivity index (χ4v) is 2.64. The van der Waals surface area contributed by atoms with Crippen LogP contribution < -0.4 is 10.5 Å². The summed E-state index contributed by atoms with van der Waals surface area (Å²) in [5, 5.41) is 0. The molecular formula is C17H30N2O. The van der Waals surface area contributed by atoms with E-state index in [-0.39, 0.29) is 6.04 Å². The number of hydrogen-bond acceptors (Lipinski definition) is 3. The average Bonchev–Trinajstić information content (AvgIpc) is 2.50. The van der Waals surface area contributed by atoms with E-state index in [1.807, 2.05) is 12.1 Å². The minimum absolute atomic E-state index is 0.229. The van der Waals surface area contributed by atoms with Crippen molar-refractivity contribution in [1.29, 1.82) is 0 Å². The van der Waals surface area contributed by atoms with E-state index in [1.165, 1.54) is 18.4 Å². The van der Waals surface area contributed by atoms with Gasteiger partial charge in [0.15, 0.2) is 0 Å². The normalized spacial score (nSPS) is 14.3. The highest BCUT2D eigenvalue weighted by Crippen LogP contribution is 2.30. The molecule has 1 rings (SSSR count). The van der Waals surface area contributed by atoms with Gasteiger partial charge in [-0.15, -0.1) is 0 Å². The van der Waals surface area contributed by atoms with Gasteiger partial charge in [-0.1, -0.05) is 38.5 Å². The van der Waals surface area contributed by atoms with Crippen LogP contribution in [0.15, 0.2) is 24.3 Å². The lowest BCUT2D eigenvalue weighted by atomic mass is 10.0. The van der Waals surface area contributed by atoms with Gasteiger partial charge in [0.25, 0.3) is 0 Å². The zero-order valence-corrected chi connectivity index (χ0v) is 13.4. The van der Waals surface area contributed by atoms with E-state index in [0.29, 0.717) is 12.6 Å². The summed E-state index contributed by atoms with van der Waals surface area (Å²) in [7, 11) is 1.73. The molecule has 0 aromatic heterocycles. The van der Waals surface area contributed by atoms with E-state index in [9.17, 15) is 0 Å². The van der Waals surface area contributed by atoms with Gasteiger partial charge in [-0.25, -0.2) is 0 Å². The zero-order valence-electron chi connectivity index (χ0n) is 13.4. The van der Waals surface area contributed by atoms with Crippen molar-refractivity contribution < 1.29 is 4.74 Å². The lowest BCUT2D eigenvalue weighted by molar-refractivity contribution is 0.138. The molecule has 0 fully saturated rings. The molecule has 3 heteroatoms. The van der Waals surface area contributed by atoms with Gasteiger partial charge < -0.3 is 10.5 Å². The molecule has 20 heavy (non-hydrogen) atoms. The number of hydrogen-bond donors (Lipinski definition) is 1. The minimum atomic E-state index is 0.229. The van der Waals surface area contributed by atoms with Crippen molar-refractivity contribution in [3.8, 4) is 5.75 Å². The third kappa shape index (κ3) is 4.22. The molecule has 0 bridgehead atoms. The summed E-state index contributed by atoms with van der Waals surface area (Å²) in [6.45, 7) is 8.46. The maximum atomic E-state index is 6.10. The molecule has 0 aliphatic carbocycles. The highest BCUT2D eigenvalue weighted by molar-refractivity contribution is 5.36. The smallest absolute Gasteiger partial charge is 0.123 e. The zero-order chi connectivity index (χ0) is 15.0. The van der Waals surface area contributed by atoms with E-state index in [0.717, 1.165) is 18.7 Å². The Labute approximate surface area is 124 Å². The van der Waals surface area contributed by atoms with Gasteiger partial charge >= 0.3 is 0 Å².